The highest BCUT2D eigenvalue weighted by Crippen LogP contribution is 2.40. The first-order valence-electron chi connectivity index (χ1n) is 11.0. The molecule has 0 unspecified atom stereocenters. The number of nitro groups is 2. The second kappa shape index (κ2) is 10.6. The van der Waals surface area contributed by atoms with Gasteiger partial charge in [0.05, 0.1) is 21.0 Å². The van der Waals surface area contributed by atoms with Crippen LogP contribution in [0.4, 0.5) is 37.7 Å². The van der Waals surface area contributed by atoms with E-state index in [1.54, 1.807) is 24.3 Å². The number of halogens is 6. The fourth-order valence-corrected chi connectivity index (χ4v) is 3.53. The van der Waals surface area contributed by atoms with Crippen LogP contribution in [0.5, 0.6) is 23.0 Å². The van der Waals surface area contributed by atoms with E-state index in [-0.39, 0.29) is 23.0 Å². The van der Waals surface area contributed by atoms with Crippen LogP contribution in [0.2, 0.25) is 0 Å². The number of rotatable bonds is 7. The Balaban J connectivity index is 1.50. The predicted molar refractivity (Wildman–Crippen MR) is 128 cm³/mol. The van der Waals surface area contributed by atoms with E-state index in [0.29, 0.717) is 35.4 Å². The van der Waals surface area contributed by atoms with Crippen molar-refractivity contribution < 1.29 is 45.7 Å². The number of nitro benzene ring substituents is 2. The van der Waals surface area contributed by atoms with Crippen LogP contribution < -0.4 is 9.47 Å². The molecule has 0 N–H and O–H groups in total. The Morgan fingerprint density at radius 3 is 1.12 bits per heavy atom. The van der Waals surface area contributed by atoms with Crippen LogP contribution in [0.3, 0.4) is 0 Å². The number of ether oxygens (including phenoxy) is 2. The van der Waals surface area contributed by atoms with Crippen molar-refractivity contribution in [3.8, 4) is 34.1 Å². The van der Waals surface area contributed by atoms with Gasteiger partial charge in [0.2, 0.25) is 11.5 Å². The second-order valence-corrected chi connectivity index (χ2v) is 8.13. The monoisotopic (exact) mass is 564 g/mol. The van der Waals surface area contributed by atoms with E-state index in [1.165, 1.54) is 24.3 Å². The summed E-state index contributed by atoms with van der Waals surface area (Å²) >= 11 is 0. The van der Waals surface area contributed by atoms with Gasteiger partial charge < -0.3 is 9.47 Å². The summed E-state index contributed by atoms with van der Waals surface area (Å²) in [7, 11) is 0. The highest BCUT2D eigenvalue weighted by Gasteiger charge is 2.34. The summed E-state index contributed by atoms with van der Waals surface area (Å²) in [5.74, 6) is -0.545. The fraction of sp³-hybridized carbons (Fsp3) is 0.0769. The summed E-state index contributed by atoms with van der Waals surface area (Å²) in [4.78, 5) is 20.5. The molecule has 0 saturated heterocycles. The topological polar surface area (TPSA) is 105 Å². The van der Waals surface area contributed by atoms with Gasteiger partial charge in [-0.25, -0.2) is 0 Å². The molecule has 0 aliphatic heterocycles. The molecule has 4 aromatic carbocycles. The van der Waals surface area contributed by atoms with Crippen LogP contribution in [-0.4, -0.2) is 9.85 Å². The summed E-state index contributed by atoms with van der Waals surface area (Å²) < 4.78 is 88.2. The molecular formula is C26H14F6N2O6. The van der Waals surface area contributed by atoms with Crippen LogP contribution in [0.1, 0.15) is 11.1 Å². The van der Waals surface area contributed by atoms with Gasteiger partial charge in [-0.2, -0.15) is 26.3 Å². The molecule has 0 bridgehead atoms. The molecule has 4 aromatic rings. The zero-order valence-electron chi connectivity index (χ0n) is 19.7. The Hall–Kier alpha value is -5.14. The van der Waals surface area contributed by atoms with Gasteiger partial charge in [-0.15, -0.1) is 0 Å². The van der Waals surface area contributed by atoms with E-state index in [2.05, 4.69) is 0 Å². The molecule has 0 radical (unpaired) electrons. The molecule has 0 aromatic heterocycles. The Labute approximate surface area is 220 Å². The van der Waals surface area contributed by atoms with E-state index in [0.717, 1.165) is 12.1 Å². The van der Waals surface area contributed by atoms with Crippen molar-refractivity contribution in [3.05, 3.63) is 116 Å². The van der Waals surface area contributed by atoms with Gasteiger partial charge in [0.25, 0.3) is 0 Å². The summed E-state index contributed by atoms with van der Waals surface area (Å²) in [5.41, 5.74) is -2.85. The Morgan fingerprint density at radius 1 is 0.525 bits per heavy atom. The summed E-state index contributed by atoms with van der Waals surface area (Å²) in [6.45, 7) is 0. The number of alkyl halides is 6. The summed E-state index contributed by atoms with van der Waals surface area (Å²) in [6.07, 6.45) is -9.53. The van der Waals surface area contributed by atoms with Crippen LogP contribution >= 0.6 is 0 Å². The van der Waals surface area contributed by atoms with Crippen LogP contribution in [-0.2, 0) is 12.4 Å². The normalized spacial score (nSPS) is 11.7. The minimum absolute atomic E-state index is 0.112. The molecule has 40 heavy (non-hydrogen) atoms. The molecule has 206 valence electrons. The molecular weight excluding hydrogens is 550 g/mol. The predicted octanol–water partition coefficient (Wildman–Crippen LogP) is 8.79. The Kier molecular flexibility index (Phi) is 7.36. The van der Waals surface area contributed by atoms with E-state index < -0.39 is 44.7 Å². The zero-order chi connectivity index (χ0) is 29.2. The average molecular weight is 564 g/mol. The first-order valence-corrected chi connectivity index (χ1v) is 11.0. The molecule has 14 heteroatoms. The van der Waals surface area contributed by atoms with E-state index in [1.807, 2.05) is 0 Å². The largest absolute Gasteiger partial charge is 0.450 e. The molecule has 0 spiro atoms. The van der Waals surface area contributed by atoms with Gasteiger partial charge in [0.15, 0.2) is 0 Å². The van der Waals surface area contributed by atoms with Crippen molar-refractivity contribution in [2.24, 2.45) is 0 Å². The zero-order valence-corrected chi connectivity index (χ0v) is 19.7. The lowest BCUT2D eigenvalue weighted by Gasteiger charge is -2.11. The van der Waals surface area contributed by atoms with Gasteiger partial charge in [0.1, 0.15) is 11.5 Å². The average Bonchev–Trinajstić information content (AvgIpc) is 2.88. The molecule has 0 heterocycles. The minimum atomic E-state index is -4.77. The Morgan fingerprint density at radius 2 is 0.850 bits per heavy atom. The van der Waals surface area contributed by atoms with Gasteiger partial charge in [-0.3, -0.25) is 20.2 Å². The standard InChI is InChI=1S/C26H14F6N2O6/c27-25(28,29)17-5-11-23(21(13-17)33(35)36)39-19-7-1-15(2-8-19)16-3-9-20(10-4-16)40-24-12-6-18(26(30,31)32)14-22(24)34(37)38/h1-14H. The van der Waals surface area contributed by atoms with Crippen LogP contribution in [0.15, 0.2) is 84.9 Å². The molecule has 8 nitrogen and oxygen atoms in total. The van der Waals surface area contributed by atoms with Crippen molar-refractivity contribution in [1.29, 1.82) is 0 Å². The number of hydrogen-bond acceptors (Lipinski definition) is 6. The van der Waals surface area contributed by atoms with Gasteiger partial charge in [0, 0.05) is 12.1 Å². The lowest BCUT2D eigenvalue weighted by Crippen LogP contribution is -2.06. The first kappa shape index (κ1) is 27.9. The Bertz CT molecular complexity index is 1450. The van der Waals surface area contributed by atoms with Crippen LogP contribution in [0.25, 0.3) is 11.1 Å². The fourth-order valence-electron chi connectivity index (χ4n) is 3.53. The molecule has 0 saturated carbocycles. The van der Waals surface area contributed by atoms with Crippen molar-refractivity contribution in [1.82, 2.24) is 0 Å². The molecule has 0 amide bonds. The van der Waals surface area contributed by atoms with Gasteiger partial charge in [-0.05, 0) is 59.7 Å². The van der Waals surface area contributed by atoms with Crippen molar-refractivity contribution >= 4 is 11.4 Å². The minimum Gasteiger partial charge on any atom is -0.450 e. The van der Waals surface area contributed by atoms with Crippen LogP contribution in [0, 0.1) is 20.2 Å². The highest BCUT2D eigenvalue weighted by atomic mass is 19.4. The van der Waals surface area contributed by atoms with Crippen molar-refractivity contribution in [2.45, 2.75) is 12.4 Å². The molecule has 0 aliphatic rings. The third kappa shape index (κ3) is 6.28. The maximum Gasteiger partial charge on any atom is 0.416 e. The number of hydrogen-bond donors (Lipinski definition) is 0. The lowest BCUT2D eigenvalue weighted by atomic mass is 10.1. The summed E-state index contributed by atoms with van der Waals surface area (Å²) in [5, 5.41) is 22.5. The lowest BCUT2D eigenvalue weighted by molar-refractivity contribution is -0.386. The molecule has 0 fully saturated rings. The van der Waals surface area contributed by atoms with Crippen molar-refractivity contribution in [3.63, 3.8) is 0 Å². The number of benzene rings is 4. The summed E-state index contributed by atoms with van der Waals surface area (Å²) in [6, 6.07) is 15.8. The molecule has 0 atom stereocenters. The maximum atomic E-state index is 12.9. The van der Waals surface area contributed by atoms with E-state index >= 15 is 0 Å². The molecule has 0 aliphatic carbocycles. The third-order valence-corrected chi connectivity index (χ3v) is 5.46. The maximum absolute atomic E-state index is 12.9. The third-order valence-electron chi connectivity index (χ3n) is 5.46. The van der Waals surface area contributed by atoms with Gasteiger partial charge >= 0.3 is 23.7 Å². The molecule has 4 rings (SSSR count). The SMILES string of the molecule is O=[N+]([O-])c1cc(C(F)(F)F)ccc1Oc1ccc(-c2ccc(Oc3ccc(C(F)(F)F)cc3[N+](=O)[O-])cc2)cc1. The van der Waals surface area contributed by atoms with E-state index in [9.17, 15) is 46.6 Å². The second-order valence-electron chi connectivity index (χ2n) is 8.13. The highest BCUT2D eigenvalue weighted by molar-refractivity contribution is 5.65. The van der Waals surface area contributed by atoms with E-state index in [4.69, 9.17) is 9.47 Å². The van der Waals surface area contributed by atoms with Gasteiger partial charge in [-0.1, -0.05) is 24.3 Å². The number of nitrogens with zero attached hydrogens (tertiary/aromatic N) is 2. The smallest absolute Gasteiger partial charge is 0.416 e. The first-order chi connectivity index (χ1) is 18.7. The quantitative estimate of drug-likeness (QED) is 0.126. The van der Waals surface area contributed by atoms with Crippen molar-refractivity contribution in [2.75, 3.05) is 0 Å².